The minimum absolute atomic E-state index is 0.137. The lowest BCUT2D eigenvalue weighted by Crippen LogP contribution is -2.32. The van der Waals surface area contributed by atoms with Crippen molar-refractivity contribution in [3.05, 3.63) is 77.6 Å². The number of aromatic nitrogens is 1. The van der Waals surface area contributed by atoms with Crippen molar-refractivity contribution >= 4 is 17.3 Å². The summed E-state index contributed by atoms with van der Waals surface area (Å²) in [7, 11) is 3.18. The highest BCUT2D eigenvalue weighted by Gasteiger charge is 2.40. The number of nitrogens with one attached hydrogen (secondary N) is 1. The highest BCUT2D eigenvalue weighted by Crippen LogP contribution is 2.42. The van der Waals surface area contributed by atoms with Crippen LogP contribution in [0.25, 0.3) is 0 Å². The molecule has 0 saturated heterocycles. The first kappa shape index (κ1) is 18.8. The number of aryl methyl sites for hydroxylation is 1. The Morgan fingerprint density at radius 2 is 1.86 bits per heavy atom. The first-order chi connectivity index (χ1) is 14.2. The van der Waals surface area contributed by atoms with E-state index < -0.39 is 6.17 Å². The van der Waals surface area contributed by atoms with Crippen LogP contribution in [-0.2, 0) is 6.42 Å². The number of methoxy groups -OCH3 is 2. The van der Waals surface area contributed by atoms with E-state index in [2.05, 4.69) is 29.4 Å². The highest BCUT2D eigenvalue weighted by atomic mass is 16.5. The average molecular weight is 389 g/mol. The van der Waals surface area contributed by atoms with Gasteiger partial charge in [0.2, 0.25) is 0 Å². The van der Waals surface area contributed by atoms with Gasteiger partial charge in [-0.1, -0.05) is 19.1 Å². The van der Waals surface area contributed by atoms with Crippen molar-refractivity contribution in [2.45, 2.75) is 19.5 Å². The van der Waals surface area contributed by atoms with E-state index in [0.717, 1.165) is 12.1 Å². The van der Waals surface area contributed by atoms with Crippen molar-refractivity contribution in [2.75, 3.05) is 24.4 Å². The third-order valence-corrected chi connectivity index (χ3v) is 5.12. The molecule has 0 bridgehead atoms. The molecule has 0 saturated carbocycles. The average Bonchev–Trinajstić information content (AvgIpc) is 3.05. The molecule has 0 unspecified atom stereocenters. The molecule has 1 amide bonds. The van der Waals surface area contributed by atoms with E-state index in [4.69, 9.17) is 9.47 Å². The fourth-order valence-electron chi connectivity index (χ4n) is 3.55. The Kier molecular flexibility index (Phi) is 5.08. The van der Waals surface area contributed by atoms with Gasteiger partial charge >= 0.3 is 0 Å². The van der Waals surface area contributed by atoms with Gasteiger partial charge in [0.1, 0.15) is 11.5 Å². The number of hydrogen-bond donors (Lipinski definition) is 1. The monoisotopic (exact) mass is 389 g/mol. The number of rotatable bonds is 6. The maximum atomic E-state index is 13.3. The molecule has 6 heteroatoms. The van der Waals surface area contributed by atoms with Crippen LogP contribution in [0, 0.1) is 0 Å². The summed E-state index contributed by atoms with van der Waals surface area (Å²) in [5.41, 5.74) is 4.03. The van der Waals surface area contributed by atoms with Crippen molar-refractivity contribution < 1.29 is 14.3 Å². The summed E-state index contributed by atoms with van der Waals surface area (Å²) in [6.45, 7) is 2.12. The molecule has 6 nitrogen and oxygen atoms in total. The second-order valence-electron chi connectivity index (χ2n) is 6.75. The molecule has 2 heterocycles. The van der Waals surface area contributed by atoms with Crippen LogP contribution in [0.2, 0.25) is 0 Å². The Morgan fingerprint density at radius 3 is 2.55 bits per heavy atom. The number of carbonyl (C=O) groups is 1. The van der Waals surface area contributed by atoms with Crippen molar-refractivity contribution in [3.63, 3.8) is 0 Å². The van der Waals surface area contributed by atoms with E-state index in [1.54, 1.807) is 55.6 Å². The van der Waals surface area contributed by atoms with Crippen LogP contribution in [0.15, 0.2) is 60.8 Å². The first-order valence-electron chi connectivity index (χ1n) is 9.52. The van der Waals surface area contributed by atoms with E-state index in [1.807, 2.05) is 12.1 Å². The Morgan fingerprint density at radius 1 is 1.07 bits per heavy atom. The number of nitrogens with zero attached hydrogens (tertiary/aromatic N) is 2. The van der Waals surface area contributed by atoms with Crippen LogP contribution in [0.1, 0.15) is 34.7 Å². The Balaban J connectivity index is 1.80. The normalized spacial score (nSPS) is 15.2. The minimum atomic E-state index is -0.466. The molecule has 2 aromatic carbocycles. The third-order valence-electron chi connectivity index (χ3n) is 5.12. The first-order valence-corrected chi connectivity index (χ1v) is 9.52. The smallest absolute Gasteiger partial charge is 0.262 e. The second kappa shape index (κ2) is 7.83. The van der Waals surface area contributed by atoms with Gasteiger partial charge in [-0.15, -0.1) is 0 Å². The van der Waals surface area contributed by atoms with Gasteiger partial charge in [-0.05, 0) is 48.4 Å². The maximum Gasteiger partial charge on any atom is 0.262 e. The number of benzene rings is 2. The van der Waals surface area contributed by atoms with Gasteiger partial charge in [0.25, 0.3) is 5.91 Å². The molecular formula is C23H23N3O3. The SMILES string of the molecule is CCc1ccc(N[C@@H]2c3ncccc3C(=O)N2c2cc(OC)ccc2OC)cc1. The van der Waals surface area contributed by atoms with Crippen molar-refractivity contribution in [1.82, 2.24) is 4.98 Å². The molecule has 0 radical (unpaired) electrons. The molecule has 0 spiro atoms. The van der Waals surface area contributed by atoms with Gasteiger partial charge in [0.15, 0.2) is 6.17 Å². The molecule has 4 rings (SSSR count). The number of amides is 1. The van der Waals surface area contributed by atoms with Crippen LogP contribution in [-0.4, -0.2) is 25.1 Å². The number of carbonyl (C=O) groups excluding carboxylic acids is 1. The summed E-state index contributed by atoms with van der Waals surface area (Å²) in [4.78, 5) is 19.5. The van der Waals surface area contributed by atoms with Crippen LogP contribution in [0.4, 0.5) is 11.4 Å². The lowest BCUT2D eigenvalue weighted by atomic mass is 10.1. The number of ether oxygens (including phenoxy) is 2. The van der Waals surface area contributed by atoms with Gasteiger partial charge in [0.05, 0.1) is 31.2 Å². The summed E-state index contributed by atoms with van der Waals surface area (Å²) in [6, 6.07) is 17.2. The molecule has 1 aliphatic rings. The zero-order valence-corrected chi connectivity index (χ0v) is 16.7. The van der Waals surface area contributed by atoms with E-state index in [9.17, 15) is 4.79 Å². The molecule has 1 N–H and O–H groups in total. The summed E-state index contributed by atoms with van der Waals surface area (Å²) in [5, 5.41) is 3.46. The topological polar surface area (TPSA) is 63.7 Å². The zero-order chi connectivity index (χ0) is 20.4. The van der Waals surface area contributed by atoms with Gasteiger partial charge in [0, 0.05) is 18.0 Å². The standard InChI is InChI=1S/C23H23N3O3/c1-4-15-7-9-16(10-8-15)25-22-21-18(6-5-13-24-21)23(27)26(22)19-14-17(28-2)11-12-20(19)29-3/h5-14,22,25H,4H2,1-3H3/t22-/m0/s1. The fourth-order valence-corrected chi connectivity index (χ4v) is 3.55. The van der Waals surface area contributed by atoms with Gasteiger partial charge in [-0.25, -0.2) is 0 Å². The van der Waals surface area contributed by atoms with E-state index >= 15 is 0 Å². The van der Waals surface area contributed by atoms with Gasteiger partial charge < -0.3 is 14.8 Å². The minimum Gasteiger partial charge on any atom is -0.497 e. The fraction of sp³-hybridized carbons (Fsp3) is 0.217. The van der Waals surface area contributed by atoms with Crippen LogP contribution in [0.3, 0.4) is 0 Å². The predicted octanol–water partition coefficient (Wildman–Crippen LogP) is 4.43. The van der Waals surface area contributed by atoms with E-state index in [0.29, 0.717) is 28.4 Å². The quantitative estimate of drug-likeness (QED) is 0.676. The molecule has 1 atom stereocenters. The summed E-state index contributed by atoms with van der Waals surface area (Å²) < 4.78 is 10.9. The molecule has 0 aliphatic carbocycles. The molecular weight excluding hydrogens is 366 g/mol. The summed E-state index contributed by atoms with van der Waals surface area (Å²) in [6.07, 6.45) is 2.21. The van der Waals surface area contributed by atoms with Crippen molar-refractivity contribution in [2.24, 2.45) is 0 Å². The number of fused-ring (bicyclic) bond motifs is 1. The lowest BCUT2D eigenvalue weighted by molar-refractivity contribution is 0.0992. The largest absolute Gasteiger partial charge is 0.497 e. The molecule has 1 aromatic heterocycles. The van der Waals surface area contributed by atoms with E-state index in [-0.39, 0.29) is 5.91 Å². The molecule has 0 fully saturated rings. The molecule has 29 heavy (non-hydrogen) atoms. The summed E-state index contributed by atoms with van der Waals surface area (Å²) >= 11 is 0. The number of hydrogen-bond acceptors (Lipinski definition) is 5. The number of pyridine rings is 1. The molecule has 148 valence electrons. The third kappa shape index (κ3) is 3.38. The predicted molar refractivity (Wildman–Crippen MR) is 113 cm³/mol. The molecule has 1 aliphatic heterocycles. The van der Waals surface area contributed by atoms with Crippen LogP contribution >= 0.6 is 0 Å². The van der Waals surface area contributed by atoms with E-state index in [1.165, 1.54) is 5.56 Å². The lowest BCUT2D eigenvalue weighted by Gasteiger charge is -2.28. The molecule has 3 aromatic rings. The van der Waals surface area contributed by atoms with Gasteiger partial charge in [-0.3, -0.25) is 14.7 Å². The Bertz CT molecular complexity index is 1030. The van der Waals surface area contributed by atoms with Gasteiger partial charge in [-0.2, -0.15) is 0 Å². The maximum absolute atomic E-state index is 13.3. The van der Waals surface area contributed by atoms with Crippen LogP contribution < -0.4 is 19.7 Å². The number of anilines is 2. The van der Waals surface area contributed by atoms with Crippen LogP contribution in [0.5, 0.6) is 11.5 Å². The Hall–Kier alpha value is -3.54. The summed E-state index contributed by atoms with van der Waals surface area (Å²) in [5.74, 6) is 1.09. The second-order valence-corrected chi connectivity index (χ2v) is 6.75. The zero-order valence-electron chi connectivity index (χ0n) is 16.7. The highest BCUT2D eigenvalue weighted by molar-refractivity contribution is 6.11. The van der Waals surface area contributed by atoms with Crippen molar-refractivity contribution in [1.29, 1.82) is 0 Å². The Labute approximate surface area is 170 Å². The van der Waals surface area contributed by atoms with Crippen molar-refractivity contribution in [3.8, 4) is 11.5 Å².